The van der Waals surface area contributed by atoms with Crippen LogP contribution in [0.2, 0.25) is 0 Å². The molecule has 4 rings (SSSR count). The van der Waals surface area contributed by atoms with E-state index in [0.29, 0.717) is 22.7 Å². The van der Waals surface area contributed by atoms with Crippen LogP contribution in [0.5, 0.6) is 0 Å². The summed E-state index contributed by atoms with van der Waals surface area (Å²) < 4.78 is 0. The van der Waals surface area contributed by atoms with Gasteiger partial charge in [0.25, 0.3) is 0 Å². The molecule has 1 nitrogen and oxygen atoms in total. The van der Waals surface area contributed by atoms with Crippen LogP contribution in [0, 0.1) is 46.3 Å². The topological polar surface area (TPSA) is 20.2 Å². The number of aliphatic hydroxyl groups is 1. The smallest absolute Gasteiger partial charge is 0.0578 e. The second-order valence-electron chi connectivity index (χ2n) is 11.9. The summed E-state index contributed by atoms with van der Waals surface area (Å²) in [5.74, 6) is 4.38. The lowest BCUT2D eigenvalue weighted by atomic mass is 9.50. The first kappa shape index (κ1) is 21.4. The molecule has 0 aliphatic heterocycles. The molecule has 3 fully saturated rings. The van der Waals surface area contributed by atoms with Gasteiger partial charge in [0.2, 0.25) is 0 Å². The van der Waals surface area contributed by atoms with E-state index in [9.17, 15) is 5.11 Å². The van der Waals surface area contributed by atoms with Gasteiger partial charge in [0, 0.05) is 0 Å². The van der Waals surface area contributed by atoms with Crippen molar-refractivity contribution in [2.75, 3.05) is 0 Å². The first-order chi connectivity index (χ1) is 13.7. The Labute approximate surface area is 179 Å². The van der Waals surface area contributed by atoms with Gasteiger partial charge in [-0.25, -0.2) is 0 Å². The lowest BCUT2D eigenvalue weighted by molar-refractivity contribution is 0.0382. The highest BCUT2D eigenvalue weighted by atomic mass is 16.3. The lowest BCUT2D eigenvalue weighted by Gasteiger charge is -2.55. The maximum absolute atomic E-state index is 10.2. The summed E-state index contributed by atoms with van der Waals surface area (Å²) >= 11 is 0. The van der Waals surface area contributed by atoms with Crippen molar-refractivity contribution < 1.29 is 5.11 Å². The van der Waals surface area contributed by atoms with E-state index < -0.39 is 0 Å². The molecule has 0 bridgehead atoms. The molecule has 0 aromatic carbocycles. The fourth-order valence-electron chi connectivity index (χ4n) is 7.59. The van der Waals surface area contributed by atoms with Crippen molar-refractivity contribution in [3.63, 3.8) is 0 Å². The molecule has 0 aromatic rings. The third-order valence-electron chi connectivity index (χ3n) is 10.0. The van der Waals surface area contributed by atoms with Crippen LogP contribution in [0.15, 0.2) is 35.5 Å². The molecule has 0 saturated heterocycles. The zero-order valence-corrected chi connectivity index (χ0v) is 19.7. The number of hydrogen-bond acceptors (Lipinski definition) is 1. The summed E-state index contributed by atoms with van der Waals surface area (Å²) in [4.78, 5) is 0. The maximum Gasteiger partial charge on any atom is 0.0578 e. The zero-order chi connectivity index (χ0) is 21.0. The van der Waals surface area contributed by atoms with E-state index in [1.54, 1.807) is 5.57 Å². The molecular formula is C28H44O. The highest BCUT2D eigenvalue weighted by Crippen LogP contribution is 2.65. The van der Waals surface area contributed by atoms with Gasteiger partial charge in [-0.15, -0.1) is 0 Å². The molecule has 1 heteroatoms. The summed E-state index contributed by atoms with van der Waals surface area (Å²) in [6.45, 7) is 14.6. The van der Waals surface area contributed by atoms with E-state index in [1.165, 1.54) is 37.7 Å². The summed E-state index contributed by atoms with van der Waals surface area (Å²) in [6, 6.07) is 0. The quantitative estimate of drug-likeness (QED) is 0.389. The molecule has 3 saturated carbocycles. The standard InChI is InChI=1S/C28H44O/c1-18(2)19(3)7-8-20(4)24-11-12-25-23-10-9-21-17-22(29)13-15-27(21,5)26(23)14-16-28(24,25)6/h7-10,18-20,22,24-26,29H,11-17H2,1-6H3/b8-7+/t19-,20+,22-,24+,25-,26-,27-,28+/m0/s1/i1+1/t18?,19-,20+,22-,24+,25-,26-,27-,28+. The Morgan fingerprint density at radius 3 is 2.41 bits per heavy atom. The van der Waals surface area contributed by atoms with E-state index in [1.807, 2.05) is 0 Å². The molecule has 0 aromatic heterocycles. The van der Waals surface area contributed by atoms with Gasteiger partial charge in [-0.1, -0.05) is 77.0 Å². The Balaban J connectivity index is 1.57. The van der Waals surface area contributed by atoms with Crippen LogP contribution in [0.25, 0.3) is 0 Å². The van der Waals surface area contributed by atoms with Gasteiger partial charge in [0.1, 0.15) is 0 Å². The van der Waals surface area contributed by atoms with E-state index in [4.69, 9.17) is 0 Å². The largest absolute Gasteiger partial charge is 0.393 e. The van der Waals surface area contributed by atoms with Gasteiger partial charge < -0.3 is 5.11 Å². The summed E-state index contributed by atoms with van der Waals surface area (Å²) in [7, 11) is 0. The Hall–Kier alpha value is -0.820. The Bertz CT molecular complexity index is 712. The van der Waals surface area contributed by atoms with Gasteiger partial charge in [0.05, 0.1) is 6.10 Å². The highest BCUT2D eigenvalue weighted by Gasteiger charge is 2.56. The Morgan fingerprint density at radius 1 is 0.931 bits per heavy atom. The maximum atomic E-state index is 10.2. The number of rotatable bonds is 4. The van der Waals surface area contributed by atoms with Gasteiger partial charge in [-0.2, -0.15) is 0 Å². The van der Waals surface area contributed by atoms with Crippen LogP contribution in [0.3, 0.4) is 0 Å². The fourth-order valence-corrected chi connectivity index (χ4v) is 7.59. The molecule has 0 amide bonds. The molecule has 0 heterocycles. The number of fused-ring (bicyclic) bond motifs is 5. The van der Waals surface area contributed by atoms with Crippen LogP contribution in [0.4, 0.5) is 0 Å². The first-order valence-corrected chi connectivity index (χ1v) is 12.4. The van der Waals surface area contributed by atoms with Gasteiger partial charge in [-0.05, 0) is 91.3 Å². The first-order valence-electron chi connectivity index (χ1n) is 12.4. The molecule has 4 aliphatic carbocycles. The predicted octanol–water partition coefficient (Wildman–Crippen LogP) is 7.33. The summed E-state index contributed by atoms with van der Waals surface area (Å²) in [5, 5.41) is 10.2. The van der Waals surface area contributed by atoms with E-state index in [2.05, 4.69) is 65.8 Å². The van der Waals surface area contributed by atoms with Gasteiger partial charge in [0.15, 0.2) is 0 Å². The number of allylic oxidation sites excluding steroid dienone is 5. The lowest BCUT2D eigenvalue weighted by Crippen LogP contribution is -2.46. The van der Waals surface area contributed by atoms with Crippen molar-refractivity contribution in [1.29, 1.82) is 0 Å². The molecule has 1 unspecified atom stereocenters. The van der Waals surface area contributed by atoms with Crippen LogP contribution in [0.1, 0.15) is 86.5 Å². The van der Waals surface area contributed by atoms with Crippen molar-refractivity contribution >= 4 is 0 Å². The van der Waals surface area contributed by atoms with Crippen molar-refractivity contribution in [3.05, 3.63) is 35.5 Å². The molecule has 1 N–H and O–H groups in total. The average molecular weight is 398 g/mol. The second-order valence-corrected chi connectivity index (χ2v) is 11.9. The van der Waals surface area contributed by atoms with E-state index in [-0.39, 0.29) is 6.10 Å². The second kappa shape index (κ2) is 7.70. The van der Waals surface area contributed by atoms with Crippen LogP contribution in [-0.4, -0.2) is 11.2 Å². The summed E-state index contributed by atoms with van der Waals surface area (Å²) in [5.41, 5.74) is 4.07. The van der Waals surface area contributed by atoms with Crippen molar-refractivity contribution in [2.24, 2.45) is 46.3 Å². The number of aliphatic hydroxyl groups excluding tert-OH is 1. The van der Waals surface area contributed by atoms with Crippen LogP contribution in [-0.2, 0) is 0 Å². The number of hydrogen-bond donors (Lipinski definition) is 1. The molecule has 0 radical (unpaired) electrons. The van der Waals surface area contributed by atoms with E-state index in [0.717, 1.165) is 36.5 Å². The fraction of sp³-hybridized carbons (Fsp3) is 0.786. The van der Waals surface area contributed by atoms with Crippen molar-refractivity contribution in [2.45, 2.75) is 92.6 Å². The van der Waals surface area contributed by atoms with Crippen LogP contribution < -0.4 is 0 Å². The third kappa shape index (κ3) is 3.50. The average Bonchev–Trinajstić information content (AvgIpc) is 3.03. The highest BCUT2D eigenvalue weighted by molar-refractivity contribution is 5.39. The van der Waals surface area contributed by atoms with Gasteiger partial charge >= 0.3 is 0 Å². The summed E-state index contributed by atoms with van der Waals surface area (Å²) in [6.07, 6.45) is 18.4. The molecule has 162 valence electrons. The van der Waals surface area contributed by atoms with Crippen molar-refractivity contribution in [3.8, 4) is 0 Å². The van der Waals surface area contributed by atoms with Crippen molar-refractivity contribution in [1.82, 2.24) is 0 Å². The predicted molar refractivity (Wildman–Crippen MR) is 123 cm³/mol. The molecule has 9 atom stereocenters. The van der Waals surface area contributed by atoms with E-state index >= 15 is 0 Å². The Morgan fingerprint density at radius 2 is 1.69 bits per heavy atom. The Kier molecular flexibility index (Phi) is 5.69. The molecule has 0 spiro atoms. The normalized spacial score (nSPS) is 44.9. The molecule has 4 aliphatic rings. The minimum absolute atomic E-state index is 0.116. The molecular weight excluding hydrogens is 353 g/mol. The third-order valence-corrected chi connectivity index (χ3v) is 10.0. The SMILES string of the molecule is CC([13CH3])[C@@H](C)/C=C/[C@@H](C)[C@H]1CC[C@H]2C3=CC=C4C[C@@H](O)CC[C@]4(C)[C@H]3CC[C@]12C. The minimum atomic E-state index is -0.116. The molecule has 29 heavy (non-hydrogen) atoms. The van der Waals surface area contributed by atoms with Gasteiger partial charge in [-0.3, -0.25) is 0 Å². The van der Waals surface area contributed by atoms with Crippen LogP contribution >= 0.6 is 0 Å². The monoisotopic (exact) mass is 397 g/mol. The minimum Gasteiger partial charge on any atom is -0.393 e. The zero-order valence-electron chi connectivity index (χ0n) is 19.7.